The molecule has 0 saturated heterocycles. The second kappa shape index (κ2) is 5.38. The number of alkyl halides is 1. The molecule has 0 fully saturated rings. The predicted molar refractivity (Wildman–Crippen MR) is 62.9 cm³/mol. The van der Waals surface area contributed by atoms with Gasteiger partial charge in [0.2, 0.25) is 0 Å². The quantitative estimate of drug-likeness (QED) is 0.756. The molecule has 0 spiro atoms. The highest BCUT2D eigenvalue weighted by atomic mass is 35.5. The van der Waals surface area contributed by atoms with Crippen LogP contribution in [0.1, 0.15) is 23.6 Å². The fourth-order valence-corrected chi connectivity index (χ4v) is 1.51. The van der Waals surface area contributed by atoms with Crippen molar-refractivity contribution in [3.05, 3.63) is 34.9 Å². The maximum absolute atomic E-state index is 5.85. The summed E-state index contributed by atoms with van der Waals surface area (Å²) in [7, 11) is 0. The zero-order valence-corrected chi connectivity index (χ0v) is 9.86. The minimum Gasteiger partial charge on any atom is -0.311 e. The summed E-state index contributed by atoms with van der Waals surface area (Å²) in [5.74, 6) is 0. The van der Waals surface area contributed by atoms with Crippen molar-refractivity contribution in [2.75, 3.05) is 6.54 Å². The Hall–Kier alpha value is -0.530. The third-order valence-electron chi connectivity index (χ3n) is 2.25. The topological polar surface area (TPSA) is 12.0 Å². The Morgan fingerprint density at radius 2 is 2.07 bits per heavy atom. The molecule has 14 heavy (non-hydrogen) atoms. The zero-order chi connectivity index (χ0) is 10.6. The lowest BCUT2D eigenvalue weighted by Gasteiger charge is -2.09. The lowest BCUT2D eigenvalue weighted by Crippen LogP contribution is -2.21. The van der Waals surface area contributed by atoms with Crippen LogP contribution in [0, 0.1) is 13.8 Å². The molecule has 0 aliphatic carbocycles. The second-order valence-corrected chi connectivity index (χ2v) is 4.59. The second-order valence-electron chi connectivity index (χ2n) is 3.84. The van der Waals surface area contributed by atoms with Crippen LogP contribution in [-0.2, 0) is 6.54 Å². The molecule has 0 aromatic heterocycles. The first-order chi connectivity index (χ1) is 6.59. The maximum atomic E-state index is 5.85. The van der Waals surface area contributed by atoms with Crippen molar-refractivity contribution >= 4 is 11.6 Å². The van der Waals surface area contributed by atoms with Crippen LogP contribution in [0.15, 0.2) is 18.2 Å². The van der Waals surface area contributed by atoms with Gasteiger partial charge in [-0.1, -0.05) is 23.8 Å². The highest BCUT2D eigenvalue weighted by Crippen LogP contribution is 2.10. The first-order valence-corrected chi connectivity index (χ1v) is 5.44. The molecule has 1 aromatic rings. The molecule has 1 nitrogen and oxygen atoms in total. The molecule has 78 valence electrons. The van der Waals surface area contributed by atoms with Gasteiger partial charge in [0.1, 0.15) is 0 Å². The Labute approximate surface area is 91.5 Å². The van der Waals surface area contributed by atoms with Gasteiger partial charge in [-0.3, -0.25) is 0 Å². The summed E-state index contributed by atoms with van der Waals surface area (Å²) in [4.78, 5) is 0. The van der Waals surface area contributed by atoms with Crippen LogP contribution in [0.2, 0.25) is 0 Å². The van der Waals surface area contributed by atoms with Crippen molar-refractivity contribution in [3.63, 3.8) is 0 Å². The molecule has 0 saturated carbocycles. The van der Waals surface area contributed by atoms with Crippen LogP contribution in [0.25, 0.3) is 0 Å². The third-order valence-corrected chi connectivity index (χ3v) is 2.40. The van der Waals surface area contributed by atoms with E-state index < -0.39 is 0 Å². The minimum atomic E-state index is 0.195. The molecule has 1 N–H and O–H groups in total. The van der Waals surface area contributed by atoms with Crippen molar-refractivity contribution in [2.45, 2.75) is 32.7 Å². The van der Waals surface area contributed by atoms with Gasteiger partial charge in [-0.15, -0.1) is 11.6 Å². The highest BCUT2D eigenvalue weighted by molar-refractivity contribution is 6.20. The largest absolute Gasteiger partial charge is 0.311 e. The summed E-state index contributed by atoms with van der Waals surface area (Å²) in [6.45, 7) is 8.02. The maximum Gasteiger partial charge on any atom is 0.0432 e. The monoisotopic (exact) mass is 211 g/mol. The molecule has 1 atom stereocenters. The van der Waals surface area contributed by atoms with Crippen molar-refractivity contribution < 1.29 is 0 Å². The fourth-order valence-electron chi connectivity index (χ4n) is 1.40. The van der Waals surface area contributed by atoms with Crippen molar-refractivity contribution in [1.82, 2.24) is 5.32 Å². The van der Waals surface area contributed by atoms with E-state index in [0.29, 0.717) is 0 Å². The van der Waals surface area contributed by atoms with E-state index >= 15 is 0 Å². The summed E-state index contributed by atoms with van der Waals surface area (Å²) < 4.78 is 0. The lowest BCUT2D eigenvalue weighted by atomic mass is 10.1. The Morgan fingerprint density at radius 3 is 2.71 bits per heavy atom. The molecular weight excluding hydrogens is 194 g/mol. The van der Waals surface area contributed by atoms with Crippen LogP contribution < -0.4 is 5.32 Å². The summed E-state index contributed by atoms with van der Waals surface area (Å²) in [6.07, 6.45) is 0. The third kappa shape index (κ3) is 3.69. The smallest absolute Gasteiger partial charge is 0.0432 e. The van der Waals surface area contributed by atoms with Crippen molar-refractivity contribution in [3.8, 4) is 0 Å². The van der Waals surface area contributed by atoms with Gasteiger partial charge in [0.25, 0.3) is 0 Å². The van der Waals surface area contributed by atoms with Crippen LogP contribution >= 0.6 is 11.6 Å². The van der Waals surface area contributed by atoms with Crippen LogP contribution in [0.3, 0.4) is 0 Å². The van der Waals surface area contributed by atoms with E-state index in [1.54, 1.807) is 0 Å². The SMILES string of the molecule is Cc1ccc(C)c(CNCC(C)Cl)c1. The van der Waals surface area contributed by atoms with E-state index in [1.807, 2.05) is 6.92 Å². The van der Waals surface area contributed by atoms with E-state index in [0.717, 1.165) is 13.1 Å². The van der Waals surface area contributed by atoms with Gasteiger partial charge >= 0.3 is 0 Å². The first-order valence-electron chi connectivity index (χ1n) is 5.00. The average molecular weight is 212 g/mol. The molecular formula is C12H18ClN. The van der Waals surface area contributed by atoms with Gasteiger partial charge in [-0.05, 0) is 31.9 Å². The summed E-state index contributed by atoms with van der Waals surface area (Å²) >= 11 is 5.85. The van der Waals surface area contributed by atoms with E-state index in [9.17, 15) is 0 Å². The minimum absolute atomic E-state index is 0.195. The number of benzene rings is 1. The lowest BCUT2D eigenvalue weighted by molar-refractivity contribution is 0.677. The molecule has 0 bridgehead atoms. The van der Waals surface area contributed by atoms with Crippen LogP contribution in [-0.4, -0.2) is 11.9 Å². The number of halogens is 1. The van der Waals surface area contributed by atoms with E-state index in [4.69, 9.17) is 11.6 Å². The van der Waals surface area contributed by atoms with Gasteiger partial charge in [-0.2, -0.15) is 0 Å². The molecule has 0 amide bonds. The zero-order valence-electron chi connectivity index (χ0n) is 9.10. The molecule has 2 heteroatoms. The van der Waals surface area contributed by atoms with Crippen molar-refractivity contribution in [1.29, 1.82) is 0 Å². The van der Waals surface area contributed by atoms with Gasteiger partial charge in [0.05, 0.1) is 0 Å². The van der Waals surface area contributed by atoms with Gasteiger partial charge < -0.3 is 5.32 Å². The van der Waals surface area contributed by atoms with Crippen LogP contribution in [0.4, 0.5) is 0 Å². The summed E-state index contributed by atoms with van der Waals surface area (Å²) in [6, 6.07) is 6.53. The molecule has 1 unspecified atom stereocenters. The van der Waals surface area contributed by atoms with Gasteiger partial charge in [0.15, 0.2) is 0 Å². The number of rotatable bonds is 4. The Bertz CT molecular complexity index is 294. The molecule has 0 aliphatic rings. The normalized spacial score (nSPS) is 12.9. The predicted octanol–water partition coefficient (Wildman–Crippen LogP) is 3.02. The summed E-state index contributed by atoms with van der Waals surface area (Å²) in [5, 5.41) is 3.53. The molecule has 0 aliphatic heterocycles. The van der Waals surface area contributed by atoms with E-state index in [1.165, 1.54) is 16.7 Å². The highest BCUT2D eigenvalue weighted by Gasteiger charge is 1.99. The standard InChI is InChI=1S/C12H18ClN/c1-9-4-5-10(2)12(6-9)8-14-7-11(3)13/h4-6,11,14H,7-8H2,1-3H3. The fraction of sp³-hybridized carbons (Fsp3) is 0.500. The molecule has 0 heterocycles. The Morgan fingerprint density at radius 1 is 1.36 bits per heavy atom. The van der Waals surface area contributed by atoms with E-state index in [-0.39, 0.29) is 5.38 Å². The molecule has 1 rings (SSSR count). The van der Waals surface area contributed by atoms with Crippen LogP contribution in [0.5, 0.6) is 0 Å². The Kier molecular flexibility index (Phi) is 4.43. The number of hydrogen-bond acceptors (Lipinski definition) is 1. The van der Waals surface area contributed by atoms with Gasteiger partial charge in [0, 0.05) is 18.5 Å². The number of aryl methyl sites for hydroxylation is 2. The van der Waals surface area contributed by atoms with E-state index in [2.05, 4.69) is 37.4 Å². The van der Waals surface area contributed by atoms with Crippen molar-refractivity contribution in [2.24, 2.45) is 0 Å². The number of nitrogens with one attached hydrogen (secondary N) is 1. The number of hydrogen-bond donors (Lipinski definition) is 1. The Balaban J connectivity index is 2.53. The first kappa shape index (κ1) is 11.5. The molecule has 1 aromatic carbocycles. The van der Waals surface area contributed by atoms with Gasteiger partial charge in [-0.25, -0.2) is 0 Å². The average Bonchev–Trinajstić information content (AvgIpc) is 2.10. The summed E-state index contributed by atoms with van der Waals surface area (Å²) in [5.41, 5.74) is 4.01. The molecule has 0 radical (unpaired) electrons.